The Labute approximate surface area is 104 Å². The van der Waals surface area contributed by atoms with Gasteiger partial charge in [0.25, 0.3) is 0 Å². The lowest BCUT2D eigenvalue weighted by Gasteiger charge is -2.29. The van der Waals surface area contributed by atoms with Crippen molar-refractivity contribution in [1.82, 2.24) is 0 Å². The van der Waals surface area contributed by atoms with Gasteiger partial charge in [-0.05, 0) is 43.4 Å². The van der Waals surface area contributed by atoms with Crippen LogP contribution in [0.1, 0.15) is 46.6 Å². The van der Waals surface area contributed by atoms with E-state index in [1.54, 1.807) is 12.1 Å². The van der Waals surface area contributed by atoms with Crippen molar-refractivity contribution >= 4 is 6.21 Å². The molecule has 0 heterocycles. The second kappa shape index (κ2) is 4.99. The molecule has 0 atom stereocenters. The van der Waals surface area contributed by atoms with Crippen molar-refractivity contribution in [2.45, 2.75) is 46.6 Å². The van der Waals surface area contributed by atoms with Crippen LogP contribution < -0.4 is 0 Å². The first kappa shape index (κ1) is 13.9. The SMILES string of the molecule is CC(C)(C)CC(C)(C)N=Cc1ccc(F)cc1. The smallest absolute Gasteiger partial charge is 0.123 e. The van der Waals surface area contributed by atoms with E-state index in [1.165, 1.54) is 12.1 Å². The number of nitrogens with zero attached hydrogens (tertiary/aromatic N) is 1. The van der Waals surface area contributed by atoms with E-state index in [-0.39, 0.29) is 16.8 Å². The third-order valence-corrected chi connectivity index (χ3v) is 2.40. The van der Waals surface area contributed by atoms with Gasteiger partial charge in [-0.25, -0.2) is 4.39 Å². The zero-order valence-electron chi connectivity index (χ0n) is 11.4. The minimum atomic E-state index is -0.212. The maximum absolute atomic E-state index is 12.7. The van der Waals surface area contributed by atoms with Crippen LogP contribution >= 0.6 is 0 Å². The molecule has 0 aromatic heterocycles. The van der Waals surface area contributed by atoms with Crippen LogP contribution in [0.4, 0.5) is 4.39 Å². The first-order valence-electron chi connectivity index (χ1n) is 5.99. The summed E-state index contributed by atoms with van der Waals surface area (Å²) in [5, 5.41) is 0. The maximum Gasteiger partial charge on any atom is 0.123 e. The molecule has 0 unspecified atom stereocenters. The van der Waals surface area contributed by atoms with E-state index in [9.17, 15) is 4.39 Å². The van der Waals surface area contributed by atoms with Gasteiger partial charge < -0.3 is 0 Å². The van der Waals surface area contributed by atoms with E-state index in [2.05, 4.69) is 39.6 Å². The van der Waals surface area contributed by atoms with Gasteiger partial charge in [0.15, 0.2) is 0 Å². The molecule has 94 valence electrons. The number of halogens is 1. The fourth-order valence-corrected chi connectivity index (χ4v) is 2.14. The van der Waals surface area contributed by atoms with Crippen molar-refractivity contribution < 1.29 is 4.39 Å². The van der Waals surface area contributed by atoms with Gasteiger partial charge in [0.05, 0.1) is 5.54 Å². The van der Waals surface area contributed by atoms with Crippen molar-refractivity contribution in [2.75, 3.05) is 0 Å². The van der Waals surface area contributed by atoms with Gasteiger partial charge in [-0.2, -0.15) is 0 Å². The van der Waals surface area contributed by atoms with E-state index in [0.29, 0.717) is 0 Å². The topological polar surface area (TPSA) is 12.4 Å². The molecule has 1 aromatic carbocycles. The predicted octanol–water partition coefficient (Wildman–Crippen LogP) is 4.46. The molecule has 0 radical (unpaired) electrons. The molecule has 1 rings (SSSR count). The molecule has 0 spiro atoms. The van der Waals surface area contributed by atoms with Crippen molar-refractivity contribution in [3.63, 3.8) is 0 Å². The van der Waals surface area contributed by atoms with E-state index in [0.717, 1.165) is 12.0 Å². The number of aliphatic imine (C=N–C) groups is 1. The Hall–Kier alpha value is -1.18. The van der Waals surface area contributed by atoms with Crippen molar-refractivity contribution in [2.24, 2.45) is 10.4 Å². The van der Waals surface area contributed by atoms with Crippen LogP contribution in [0, 0.1) is 11.2 Å². The molecule has 1 aromatic rings. The van der Waals surface area contributed by atoms with Crippen LogP contribution in [0.25, 0.3) is 0 Å². The standard InChI is InChI=1S/C15H22FN/c1-14(2,3)11-15(4,5)17-10-12-6-8-13(16)9-7-12/h6-10H,11H2,1-5H3. The van der Waals surface area contributed by atoms with Crippen molar-refractivity contribution in [3.05, 3.63) is 35.6 Å². The summed E-state index contributed by atoms with van der Waals surface area (Å²) in [5.74, 6) is -0.212. The van der Waals surface area contributed by atoms with Crippen LogP contribution in [0.3, 0.4) is 0 Å². The summed E-state index contributed by atoms with van der Waals surface area (Å²) in [4.78, 5) is 4.59. The number of rotatable bonds is 3. The lowest BCUT2D eigenvalue weighted by Crippen LogP contribution is -2.25. The van der Waals surface area contributed by atoms with Gasteiger partial charge >= 0.3 is 0 Å². The van der Waals surface area contributed by atoms with Crippen molar-refractivity contribution in [3.8, 4) is 0 Å². The van der Waals surface area contributed by atoms with Gasteiger partial charge in [-0.3, -0.25) is 4.99 Å². The van der Waals surface area contributed by atoms with Crippen molar-refractivity contribution in [1.29, 1.82) is 0 Å². The third kappa shape index (κ3) is 5.62. The molecular formula is C15H22FN. The van der Waals surface area contributed by atoms with Gasteiger partial charge in [0.1, 0.15) is 5.82 Å². The highest BCUT2D eigenvalue weighted by Gasteiger charge is 2.23. The maximum atomic E-state index is 12.7. The molecule has 0 amide bonds. The first-order valence-corrected chi connectivity index (χ1v) is 5.99. The van der Waals surface area contributed by atoms with Crippen LogP contribution in [0.5, 0.6) is 0 Å². The molecule has 1 nitrogen and oxygen atoms in total. The molecular weight excluding hydrogens is 213 g/mol. The van der Waals surface area contributed by atoms with Crippen LogP contribution in [-0.2, 0) is 0 Å². The molecule has 0 fully saturated rings. The van der Waals surface area contributed by atoms with Gasteiger partial charge in [-0.1, -0.05) is 32.9 Å². The zero-order valence-corrected chi connectivity index (χ0v) is 11.4. The molecule has 0 aliphatic rings. The first-order chi connectivity index (χ1) is 7.68. The summed E-state index contributed by atoms with van der Waals surface area (Å²) in [6, 6.07) is 6.40. The number of benzene rings is 1. The average Bonchev–Trinajstić information content (AvgIpc) is 2.13. The number of hydrogen-bond acceptors (Lipinski definition) is 1. The molecule has 0 bridgehead atoms. The third-order valence-electron chi connectivity index (χ3n) is 2.40. The van der Waals surface area contributed by atoms with Crippen LogP contribution in [0.2, 0.25) is 0 Å². The van der Waals surface area contributed by atoms with Gasteiger partial charge in [0, 0.05) is 6.21 Å². The molecule has 0 aliphatic carbocycles. The lowest BCUT2D eigenvalue weighted by atomic mass is 9.82. The molecule has 17 heavy (non-hydrogen) atoms. The summed E-state index contributed by atoms with van der Waals surface area (Å²) >= 11 is 0. The minimum absolute atomic E-state index is 0.0906. The molecule has 0 saturated heterocycles. The second-order valence-corrected chi connectivity index (χ2v) is 6.36. The average molecular weight is 235 g/mol. The monoisotopic (exact) mass is 235 g/mol. The summed E-state index contributed by atoms with van der Waals surface area (Å²) < 4.78 is 12.7. The Morgan fingerprint density at radius 1 is 1.06 bits per heavy atom. The summed E-state index contributed by atoms with van der Waals surface area (Å²) in [6.07, 6.45) is 2.84. The lowest BCUT2D eigenvalue weighted by molar-refractivity contribution is 0.289. The Morgan fingerprint density at radius 3 is 2.06 bits per heavy atom. The molecule has 2 heteroatoms. The number of hydrogen-bond donors (Lipinski definition) is 0. The highest BCUT2D eigenvalue weighted by atomic mass is 19.1. The largest absolute Gasteiger partial charge is 0.286 e. The predicted molar refractivity (Wildman–Crippen MR) is 72.1 cm³/mol. The zero-order chi connectivity index (χ0) is 13.1. The van der Waals surface area contributed by atoms with E-state index >= 15 is 0 Å². The summed E-state index contributed by atoms with van der Waals surface area (Å²) in [7, 11) is 0. The Kier molecular flexibility index (Phi) is 4.07. The van der Waals surface area contributed by atoms with E-state index < -0.39 is 0 Å². The van der Waals surface area contributed by atoms with E-state index in [4.69, 9.17) is 0 Å². The fourth-order valence-electron chi connectivity index (χ4n) is 2.14. The quantitative estimate of drug-likeness (QED) is 0.686. The van der Waals surface area contributed by atoms with Crippen LogP contribution in [-0.4, -0.2) is 11.8 Å². The Bertz CT molecular complexity index is 382. The summed E-state index contributed by atoms with van der Waals surface area (Å²) in [5.41, 5.74) is 1.10. The van der Waals surface area contributed by atoms with Crippen LogP contribution in [0.15, 0.2) is 29.3 Å². The molecule has 0 saturated carbocycles. The minimum Gasteiger partial charge on any atom is -0.286 e. The highest BCUT2D eigenvalue weighted by molar-refractivity contribution is 5.79. The fraction of sp³-hybridized carbons (Fsp3) is 0.533. The normalized spacial score (nSPS) is 13.3. The summed E-state index contributed by atoms with van der Waals surface area (Å²) in [6.45, 7) is 10.9. The molecule has 0 N–H and O–H groups in total. The van der Waals surface area contributed by atoms with Gasteiger partial charge in [0.2, 0.25) is 0 Å². The Balaban J connectivity index is 2.73. The van der Waals surface area contributed by atoms with Gasteiger partial charge in [-0.15, -0.1) is 0 Å². The molecule has 0 aliphatic heterocycles. The highest BCUT2D eigenvalue weighted by Crippen LogP contribution is 2.29. The second-order valence-electron chi connectivity index (χ2n) is 6.36. The Morgan fingerprint density at radius 2 is 1.59 bits per heavy atom. The van der Waals surface area contributed by atoms with E-state index in [1.807, 2.05) is 6.21 Å².